The van der Waals surface area contributed by atoms with Gasteiger partial charge in [0.15, 0.2) is 0 Å². The Bertz CT molecular complexity index is 773. The Balaban J connectivity index is 1.46. The van der Waals surface area contributed by atoms with Gasteiger partial charge in [-0.1, -0.05) is 30.3 Å². The van der Waals surface area contributed by atoms with Crippen molar-refractivity contribution in [3.05, 3.63) is 65.2 Å². The monoisotopic (exact) mass is 323 g/mol. The fourth-order valence-corrected chi connectivity index (χ4v) is 3.87. The smallest absolute Gasteiger partial charge is 0.335 e. The third-order valence-corrected chi connectivity index (χ3v) is 5.12. The van der Waals surface area contributed by atoms with Gasteiger partial charge in [0.2, 0.25) is 0 Å². The number of fused-ring (bicyclic) bond motifs is 1. The summed E-state index contributed by atoms with van der Waals surface area (Å²) in [7, 11) is 0. The molecule has 124 valence electrons. The molecule has 1 fully saturated rings. The number of para-hydroxylation sites is 1. The molecule has 4 nitrogen and oxygen atoms in total. The highest BCUT2D eigenvalue weighted by Crippen LogP contribution is 2.38. The van der Waals surface area contributed by atoms with E-state index in [0.29, 0.717) is 5.56 Å². The lowest BCUT2D eigenvalue weighted by Crippen LogP contribution is -2.42. The van der Waals surface area contributed by atoms with Gasteiger partial charge in [0.05, 0.1) is 5.56 Å². The molecule has 2 aliphatic rings. The number of hydrogen-bond donors (Lipinski definition) is 1. The van der Waals surface area contributed by atoms with E-state index >= 15 is 0 Å². The topological polar surface area (TPSA) is 49.8 Å². The van der Waals surface area contributed by atoms with Gasteiger partial charge in [0.25, 0.3) is 0 Å². The van der Waals surface area contributed by atoms with Crippen molar-refractivity contribution < 1.29 is 14.6 Å². The number of aryl methyl sites for hydroxylation is 1. The van der Waals surface area contributed by atoms with E-state index in [9.17, 15) is 4.79 Å². The van der Waals surface area contributed by atoms with Crippen molar-refractivity contribution in [2.45, 2.75) is 31.4 Å². The number of carboxylic acid groups (broad SMARTS) is 1. The molecule has 0 aliphatic carbocycles. The molecule has 1 N–H and O–H groups in total. The maximum atomic E-state index is 11.1. The number of rotatable bonds is 3. The zero-order valence-corrected chi connectivity index (χ0v) is 13.6. The summed E-state index contributed by atoms with van der Waals surface area (Å²) in [6.45, 7) is 2.66. The second kappa shape index (κ2) is 5.95. The molecule has 2 aromatic carbocycles. The van der Waals surface area contributed by atoms with E-state index in [1.807, 2.05) is 18.2 Å². The SMILES string of the molecule is O=C(O)c1cccc(CN2CCC3(CCc4ccccc4O3)C2)c1. The van der Waals surface area contributed by atoms with Crippen molar-refractivity contribution >= 4 is 5.97 Å². The Hall–Kier alpha value is -2.33. The second-order valence-corrected chi connectivity index (χ2v) is 6.86. The van der Waals surface area contributed by atoms with Crippen LogP contribution in [0.3, 0.4) is 0 Å². The highest BCUT2D eigenvalue weighted by atomic mass is 16.5. The first-order chi connectivity index (χ1) is 11.6. The van der Waals surface area contributed by atoms with Gasteiger partial charge in [-0.3, -0.25) is 4.90 Å². The van der Waals surface area contributed by atoms with Crippen LogP contribution in [0.2, 0.25) is 0 Å². The van der Waals surface area contributed by atoms with Crippen molar-refractivity contribution in [1.82, 2.24) is 4.90 Å². The summed E-state index contributed by atoms with van der Waals surface area (Å²) in [4.78, 5) is 13.5. The van der Waals surface area contributed by atoms with Crippen LogP contribution in [0.15, 0.2) is 48.5 Å². The number of likely N-dealkylation sites (tertiary alicyclic amines) is 1. The normalized spacial score (nSPS) is 23.0. The summed E-state index contributed by atoms with van der Waals surface area (Å²) in [5.41, 5.74) is 2.61. The molecule has 4 heteroatoms. The van der Waals surface area contributed by atoms with Crippen LogP contribution in [0.25, 0.3) is 0 Å². The molecule has 0 amide bonds. The predicted molar refractivity (Wildman–Crippen MR) is 91.4 cm³/mol. The first-order valence-corrected chi connectivity index (χ1v) is 8.45. The largest absolute Gasteiger partial charge is 0.486 e. The molecule has 0 aromatic heterocycles. The molecule has 4 rings (SSSR count). The summed E-state index contributed by atoms with van der Waals surface area (Å²) in [6.07, 6.45) is 3.15. The zero-order chi connectivity index (χ0) is 16.6. The molecule has 0 radical (unpaired) electrons. The molecule has 1 unspecified atom stereocenters. The van der Waals surface area contributed by atoms with Crippen LogP contribution >= 0.6 is 0 Å². The molecule has 2 heterocycles. The molecular weight excluding hydrogens is 302 g/mol. The maximum absolute atomic E-state index is 11.1. The lowest BCUT2D eigenvalue weighted by Gasteiger charge is -2.35. The Morgan fingerprint density at radius 2 is 2.04 bits per heavy atom. The fraction of sp³-hybridized carbons (Fsp3) is 0.350. The highest BCUT2D eigenvalue weighted by molar-refractivity contribution is 5.87. The molecule has 1 saturated heterocycles. The summed E-state index contributed by atoms with van der Waals surface area (Å²) in [6, 6.07) is 15.5. The van der Waals surface area contributed by atoms with E-state index in [4.69, 9.17) is 9.84 Å². The molecule has 0 bridgehead atoms. The van der Waals surface area contributed by atoms with Crippen LogP contribution in [0.5, 0.6) is 5.75 Å². The third kappa shape index (κ3) is 2.89. The molecule has 1 spiro atoms. The summed E-state index contributed by atoms with van der Waals surface area (Å²) in [5, 5.41) is 9.13. The highest BCUT2D eigenvalue weighted by Gasteiger charge is 2.42. The third-order valence-electron chi connectivity index (χ3n) is 5.12. The first kappa shape index (κ1) is 15.2. The number of carboxylic acids is 1. The van der Waals surface area contributed by atoms with Crippen molar-refractivity contribution in [3.63, 3.8) is 0 Å². The minimum absolute atomic E-state index is 0.0846. The van der Waals surface area contributed by atoms with Gasteiger partial charge in [-0.05, 0) is 42.2 Å². The summed E-state index contributed by atoms with van der Waals surface area (Å²) in [5.74, 6) is 0.153. The van der Waals surface area contributed by atoms with Gasteiger partial charge in [0.1, 0.15) is 11.4 Å². The van der Waals surface area contributed by atoms with Gasteiger partial charge >= 0.3 is 5.97 Å². The molecule has 0 saturated carbocycles. The lowest BCUT2D eigenvalue weighted by atomic mass is 9.90. The van der Waals surface area contributed by atoms with Gasteiger partial charge in [-0.2, -0.15) is 0 Å². The number of nitrogens with zero attached hydrogens (tertiary/aromatic N) is 1. The van der Waals surface area contributed by atoms with Crippen LogP contribution in [-0.4, -0.2) is 34.7 Å². The quantitative estimate of drug-likeness (QED) is 0.941. The van der Waals surface area contributed by atoms with Crippen LogP contribution in [0, 0.1) is 0 Å². The van der Waals surface area contributed by atoms with E-state index in [0.717, 1.165) is 50.2 Å². The number of hydrogen-bond acceptors (Lipinski definition) is 3. The van der Waals surface area contributed by atoms with Crippen molar-refractivity contribution in [1.29, 1.82) is 0 Å². The van der Waals surface area contributed by atoms with Crippen molar-refractivity contribution in [2.24, 2.45) is 0 Å². The molecule has 2 aromatic rings. The van der Waals surface area contributed by atoms with Gasteiger partial charge < -0.3 is 9.84 Å². The zero-order valence-electron chi connectivity index (χ0n) is 13.6. The Labute approximate surface area is 141 Å². The maximum Gasteiger partial charge on any atom is 0.335 e. The lowest BCUT2D eigenvalue weighted by molar-refractivity contribution is 0.0536. The van der Waals surface area contributed by atoms with Crippen molar-refractivity contribution in [3.8, 4) is 5.75 Å². The minimum atomic E-state index is -0.873. The van der Waals surface area contributed by atoms with Gasteiger partial charge in [-0.25, -0.2) is 4.79 Å². The number of benzene rings is 2. The van der Waals surface area contributed by atoms with E-state index in [-0.39, 0.29) is 5.60 Å². The van der Waals surface area contributed by atoms with Crippen LogP contribution in [0.4, 0.5) is 0 Å². The first-order valence-electron chi connectivity index (χ1n) is 8.45. The second-order valence-electron chi connectivity index (χ2n) is 6.86. The van der Waals surface area contributed by atoms with Crippen LogP contribution in [-0.2, 0) is 13.0 Å². The van der Waals surface area contributed by atoms with E-state index in [1.165, 1.54) is 5.56 Å². The molecule has 1 atom stereocenters. The molecule has 24 heavy (non-hydrogen) atoms. The number of ether oxygens (including phenoxy) is 1. The number of aromatic carboxylic acids is 1. The average molecular weight is 323 g/mol. The van der Waals surface area contributed by atoms with Crippen molar-refractivity contribution in [2.75, 3.05) is 13.1 Å². The summed E-state index contributed by atoms with van der Waals surface area (Å²) < 4.78 is 6.37. The summed E-state index contributed by atoms with van der Waals surface area (Å²) >= 11 is 0. The van der Waals surface area contributed by atoms with Gasteiger partial charge in [-0.15, -0.1) is 0 Å². The Kier molecular flexibility index (Phi) is 3.77. The van der Waals surface area contributed by atoms with E-state index < -0.39 is 5.97 Å². The predicted octanol–water partition coefficient (Wildman–Crippen LogP) is 3.35. The van der Waals surface area contributed by atoms with E-state index in [1.54, 1.807) is 12.1 Å². The van der Waals surface area contributed by atoms with Crippen LogP contribution in [0.1, 0.15) is 34.3 Å². The van der Waals surface area contributed by atoms with Gasteiger partial charge in [0, 0.05) is 26.1 Å². The van der Waals surface area contributed by atoms with Crippen LogP contribution < -0.4 is 4.74 Å². The minimum Gasteiger partial charge on any atom is -0.486 e. The Morgan fingerprint density at radius 1 is 1.17 bits per heavy atom. The average Bonchev–Trinajstić information content (AvgIpc) is 2.97. The molecular formula is C20H21NO3. The Morgan fingerprint density at radius 3 is 2.92 bits per heavy atom. The standard InChI is InChI=1S/C20H21NO3/c22-19(23)17-6-3-4-15(12-17)13-21-11-10-20(14-21)9-8-16-5-1-2-7-18(16)24-20/h1-7,12H,8-11,13-14H2,(H,22,23). The molecule has 2 aliphatic heterocycles. The van der Waals surface area contributed by atoms with E-state index in [2.05, 4.69) is 23.1 Å². The fourth-order valence-electron chi connectivity index (χ4n) is 3.87. The number of carbonyl (C=O) groups is 1.